The number of benzene rings is 3. The van der Waals surface area contributed by atoms with Gasteiger partial charge in [0.1, 0.15) is 0 Å². The van der Waals surface area contributed by atoms with Crippen molar-refractivity contribution in [1.29, 1.82) is 0 Å². The van der Waals surface area contributed by atoms with Crippen molar-refractivity contribution in [2.24, 2.45) is 0 Å². The summed E-state index contributed by atoms with van der Waals surface area (Å²) in [5, 5.41) is 0.297. The average Bonchev–Trinajstić information content (AvgIpc) is 2.68. The van der Waals surface area contributed by atoms with E-state index < -0.39 is 0 Å². The first-order chi connectivity index (χ1) is 12.7. The summed E-state index contributed by atoms with van der Waals surface area (Å²) in [5.74, 6) is 0.581. The summed E-state index contributed by atoms with van der Waals surface area (Å²) in [6.45, 7) is 0. The number of carbonyl (C=O) groups excluding carboxylic acids is 1. The highest BCUT2D eigenvalue weighted by molar-refractivity contribution is 9.10. The van der Waals surface area contributed by atoms with E-state index in [1.807, 2.05) is 36.0 Å². The first-order valence-electron chi connectivity index (χ1n) is 8.80. The summed E-state index contributed by atoms with van der Waals surface area (Å²) in [6, 6.07) is 27.0. The first kappa shape index (κ1) is 17.6. The molecule has 3 aromatic carbocycles. The van der Waals surface area contributed by atoms with Crippen molar-refractivity contribution in [2.75, 3.05) is 0 Å². The minimum Gasteiger partial charge on any atom is -0.294 e. The van der Waals surface area contributed by atoms with Crippen LogP contribution in [0.5, 0.6) is 0 Å². The Morgan fingerprint density at radius 3 is 2.38 bits per heavy atom. The molecule has 0 aromatic heterocycles. The smallest absolute Gasteiger partial charge is 0.163 e. The molecule has 0 bridgehead atoms. The van der Waals surface area contributed by atoms with E-state index in [2.05, 4.69) is 70.5 Å². The Morgan fingerprint density at radius 2 is 1.62 bits per heavy atom. The lowest BCUT2D eigenvalue weighted by atomic mass is 9.85. The third kappa shape index (κ3) is 3.79. The van der Waals surface area contributed by atoms with E-state index in [9.17, 15) is 4.79 Å². The molecule has 0 unspecified atom stereocenters. The molecular formula is C23H19BrOS. The molecule has 0 fully saturated rings. The number of hydrogen-bond acceptors (Lipinski definition) is 2. The van der Waals surface area contributed by atoms with Gasteiger partial charge in [0.2, 0.25) is 0 Å². The van der Waals surface area contributed by atoms with Crippen LogP contribution in [0.2, 0.25) is 0 Å². The molecule has 1 aliphatic rings. The molecule has 4 rings (SSSR count). The predicted molar refractivity (Wildman–Crippen MR) is 112 cm³/mol. The van der Waals surface area contributed by atoms with Crippen LogP contribution in [0.1, 0.15) is 40.2 Å². The number of ketones is 1. The maximum atomic E-state index is 12.8. The van der Waals surface area contributed by atoms with Gasteiger partial charge >= 0.3 is 0 Å². The molecule has 2 atom stereocenters. The van der Waals surface area contributed by atoms with Crippen LogP contribution in [0.15, 0.2) is 88.2 Å². The van der Waals surface area contributed by atoms with Gasteiger partial charge in [-0.2, -0.15) is 0 Å². The second-order valence-corrected chi connectivity index (χ2v) is 8.87. The maximum Gasteiger partial charge on any atom is 0.163 e. The van der Waals surface area contributed by atoms with Crippen LogP contribution in [0, 0.1) is 0 Å². The number of thioether (sulfide) groups is 1. The summed E-state index contributed by atoms with van der Waals surface area (Å²) in [4.78, 5) is 14.1. The van der Waals surface area contributed by atoms with Gasteiger partial charge in [-0.1, -0.05) is 76.6 Å². The zero-order chi connectivity index (χ0) is 17.9. The van der Waals surface area contributed by atoms with Crippen LogP contribution in [-0.4, -0.2) is 11.0 Å². The third-order valence-electron chi connectivity index (χ3n) is 4.87. The van der Waals surface area contributed by atoms with Crippen molar-refractivity contribution in [3.63, 3.8) is 0 Å². The summed E-state index contributed by atoms with van der Waals surface area (Å²) >= 11 is 5.28. The zero-order valence-electron chi connectivity index (χ0n) is 14.3. The van der Waals surface area contributed by atoms with Crippen LogP contribution in [-0.2, 0) is 0 Å². The highest BCUT2D eigenvalue weighted by Gasteiger charge is 2.29. The van der Waals surface area contributed by atoms with E-state index >= 15 is 0 Å². The fraction of sp³-hybridized carbons (Fsp3) is 0.174. The molecule has 3 aromatic rings. The third-order valence-corrected chi connectivity index (χ3v) is 6.71. The molecule has 1 nitrogen and oxygen atoms in total. The number of carbonyl (C=O) groups is 1. The zero-order valence-corrected chi connectivity index (χ0v) is 16.7. The second-order valence-electron chi connectivity index (χ2n) is 6.61. The monoisotopic (exact) mass is 422 g/mol. The molecule has 0 aliphatic carbocycles. The lowest BCUT2D eigenvalue weighted by Gasteiger charge is -2.31. The Labute approximate surface area is 167 Å². The van der Waals surface area contributed by atoms with Gasteiger partial charge in [0.05, 0.1) is 0 Å². The predicted octanol–water partition coefficient (Wildman–Crippen LogP) is 6.72. The minimum atomic E-state index is 0.223. The first-order valence-corrected chi connectivity index (χ1v) is 10.5. The van der Waals surface area contributed by atoms with Gasteiger partial charge in [-0.25, -0.2) is 0 Å². The van der Waals surface area contributed by atoms with E-state index in [0.717, 1.165) is 16.5 Å². The lowest BCUT2D eigenvalue weighted by Crippen LogP contribution is -2.20. The fourth-order valence-corrected chi connectivity index (χ4v) is 5.23. The Bertz CT molecular complexity index is 905. The van der Waals surface area contributed by atoms with Crippen LogP contribution in [0.25, 0.3) is 0 Å². The van der Waals surface area contributed by atoms with Crippen LogP contribution in [0.4, 0.5) is 0 Å². The summed E-state index contributed by atoms with van der Waals surface area (Å²) in [7, 11) is 0. The Morgan fingerprint density at radius 1 is 0.923 bits per heavy atom. The van der Waals surface area contributed by atoms with E-state index in [-0.39, 0.29) is 5.78 Å². The number of Topliss-reactive ketones (excluding diaryl/α,β-unsaturated/α-hetero) is 1. The average molecular weight is 423 g/mol. The van der Waals surface area contributed by atoms with Crippen molar-refractivity contribution in [3.05, 3.63) is 100 Å². The molecule has 0 saturated carbocycles. The quantitative estimate of drug-likeness (QED) is 0.434. The Hall–Kier alpha value is -1.84. The van der Waals surface area contributed by atoms with Gasteiger partial charge in [0.15, 0.2) is 5.78 Å². The standard InChI is InChI=1S/C23H19BrOS/c24-18-12-10-17(11-13-18)22(25)15-19-14-21(16-6-2-1-3-7-16)20-8-4-5-9-23(20)26-19/h1-13,19,21H,14-15H2/t19-,21+/m0/s1. The van der Waals surface area contributed by atoms with E-state index in [4.69, 9.17) is 0 Å². The van der Waals surface area contributed by atoms with E-state index in [0.29, 0.717) is 17.6 Å². The summed E-state index contributed by atoms with van der Waals surface area (Å²) in [5.41, 5.74) is 3.52. The molecule has 1 heterocycles. The largest absolute Gasteiger partial charge is 0.294 e. The van der Waals surface area contributed by atoms with Gasteiger partial charge < -0.3 is 0 Å². The number of hydrogen-bond donors (Lipinski definition) is 0. The Kier molecular flexibility index (Phi) is 5.28. The summed E-state index contributed by atoms with van der Waals surface area (Å²) in [6.07, 6.45) is 1.57. The molecule has 0 saturated heterocycles. The van der Waals surface area contributed by atoms with Gasteiger partial charge in [0, 0.05) is 32.5 Å². The number of rotatable bonds is 4. The van der Waals surface area contributed by atoms with Crippen LogP contribution in [0.3, 0.4) is 0 Å². The topological polar surface area (TPSA) is 17.1 Å². The normalized spacial score (nSPS) is 19.0. The lowest BCUT2D eigenvalue weighted by molar-refractivity contribution is 0.0981. The van der Waals surface area contributed by atoms with Gasteiger partial charge in [0.25, 0.3) is 0 Å². The molecule has 0 radical (unpaired) electrons. The van der Waals surface area contributed by atoms with Gasteiger partial charge in [-0.15, -0.1) is 11.8 Å². The van der Waals surface area contributed by atoms with Crippen molar-refractivity contribution >= 4 is 33.5 Å². The second kappa shape index (κ2) is 7.81. The van der Waals surface area contributed by atoms with E-state index in [1.54, 1.807) is 0 Å². The van der Waals surface area contributed by atoms with Crippen molar-refractivity contribution < 1.29 is 4.79 Å². The highest BCUT2D eigenvalue weighted by atomic mass is 79.9. The van der Waals surface area contributed by atoms with Crippen LogP contribution >= 0.6 is 27.7 Å². The molecular weight excluding hydrogens is 404 g/mol. The minimum absolute atomic E-state index is 0.223. The van der Waals surface area contributed by atoms with Gasteiger partial charge in [-0.05, 0) is 35.7 Å². The summed E-state index contributed by atoms with van der Waals surface area (Å²) < 4.78 is 0.999. The van der Waals surface area contributed by atoms with Gasteiger partial charge in [-0.3, -0.25) is 4.79 Å². The number of fused-ring (bicyclic) bond motifs is 1. The van der Waals surface area contributed by atoms with Crippen molar-refractivity contribution in [1.82, 2.24) is 0 Å². The maximum absolute atomic E-state index is 12.8. The molecule has 0 N–H and O–H groups in total. The fourth-order valence-electron chi connectivity index (χ4n) is 3.58. The SMILES string of the molecule is O=C(C[C@@H]1C[C@H](c2ccccc2)c2ccccc2S1)c1ccc(Br)cc1. The molecule has 0 spiro atoms. The number of halogens is 1. The van der Waals surface area contributed by atoms with E-state index in [1.165, 1.54) is 16.0 Å². The molecule has 1 aliphatic heterocycles. The molecule has 0 amide bonds. The molecule has 26 heavy (non-hydrogen) atoms. The van der Waals surface area contributed by atoms with Crippen LogP contribution < -0.4 is 0 Å². The van der Waals surface area contributed by atoms with Crippen molar-refractivity contribution in [2.45, 2.75) is 28.9 Å². The molecule has 130 valence electrons. The Balaban J connectivity index is 1.59. The highest BCUT2D eigenvalue weighted by Crippen LogP contribution is 2.46. The van der Waals surface area contributed by atoms with Crippen molar-refractivity contribution in [3.8, 4) is 0 Å². The molecule has 3 heteroatoms.